The fraction of sp³-hybridized carbons (Fsp3) is 0.500. The van der Waals surface area contributed by atoms with Gasteiger partial charge < -0.3 is 10.1 Å². The summed E-state index contributed by atoms with van der Waals surface area (Å²) in [5, 5.41) is 2.75. The van der Waals surface area contributed by atoms with E-state index >= 15 is 0 Å². The lowest BCUT2D eigenvalue weighted by Gasteiger charge is -1.96. The van der Waals surface area contributed by atoms with Crippen molar-refractivity contribution in [2.75, 3.05) is 20.7 Å². The third-order valence-corrected chi connectivity index (χ3v) is 0.680. The summed E-state index contributed by atoms with van der Waals surface area (Å²) in [5.74, 6) is -0.646. The number of ether oxygens (including phenoxy) is 1. The molecule has 70 valence electrons. The third-order valence-electron chi connectivity index (χ3n) is 0.680. The molecule has 0 fully saturated rings. The van der Waals surface area contributed by atoms with Crippen LogP contribution in [0.25, 0.3) is 0 Å². The largest absolute Gasteiger partial charge is 0.462 e. The van der Waals surface area contributed by atoms with E-state index in [1.54, 1.807) is 6.92 Å². The first kappa shape index (κ1) is 13.4. The molecule has 12 heavy (non-hydrogen) atoms. The zero-order chi connectivity index (χ0) is 9.98. The van der Waals surface area contributed by atoms with E-state index in [9.17, 15) is 9.59 Å². The monoisotopic (exact) mass is 173 g/mol. The number of rotatable bonds is 3. The van der Waals surface area contributed by atoms with E-state index in [0.717, 1.165) is 0 Å². The summed E-state index contributed by atoms with van der Waals surface area (Å²) in [6.07, 6.45) is 0.373. The second-order valence-electron chi connectivity index (χ2n) is 1.86. The maximum atomic E-state index is 10.4. The van der Waals surface area contributed by atoms with E-state index in [-0.39, 0.29) is 12.2 Å². The Labute approximate surface area is 72.6 Å². The highest BCUT2D eigenvalue weighted by Crippen LogP contribution is 1.87. The zero-order valence-electron chi connectivity index (χ0n) is 7.72. The molecular formula is C8H15NO3. The van der Waals surface area contributed by atoms with Crippen LogP contribution in [-0.2, 0) is 14.3 Å². The molecular weight excluding hydrogens is 158 g/mol. The van der Waals surface area contributed by atoms with Gasteiger partial charge in [0.2, 0.25) is 0 Å². The molecule has 4 heteroatoms. The smallest absolute Gasteiger partial charge is 0.340 e. The lowest BCUT2D eigenvalue weighted by atomic mass is 10.3. The maximum absolute atomic E-state index is 10.4. The van der Waals surface area contributed by atoms with Crippen LogP contribution in [0.5, 0.6) is 0 Å². The van der Waals surface area contributed by atoms with Crippen molar-refractivity contribution < 1.29 is 14.3 Å². The van der Waals surface area contributed by atoms with Gasteiger partial charge in [0.1, 0.15) is 0 Å². The SMILES string of the molecule is C=C(C=O)C(=O)OCC.CNC. The summed E-state index contributed by atoms with van der Waals surface area (Å²) in [6.45, 7) is 5.08. The van der Waals surface area contributed by atoms with Crippen LogP contribution in [0.15, 0.2) is 12.2 Å². The molecule has 0 spiro atoms. The minimum absolute atomic E-state index is 0.142. The average molecular weight is 173 g/mol. The van der Waals surface area contributed by atoms with Crippen molar-refractivity contribution in [3.8, 4) is 0 Å². The Kier molecular flexibility index (Phi) is 11.0. The highest BCUT2D eigenvalue weighted by atomic mass is 16.5. The Balaban J connectivity index is 0. The molecule has 4 nitrogen and oxygen atoms in total. The van der Waals surface area contributed by atoms with Crippen LogP contribution < -0.4 is 5.32 Å². The van der Waals surface area contributed by atoms with Crippen LogP contribution in [0.2, 0.25) is 0 Å². The van der Waals surface area contributed by atoms with Crippen molar-refractivity contribution in [3.05, 3.63) is 12.2 Å². The molecule has 0 bridgehead atoms. The predicted octanol–water partition coefficient (Wildman–Crippen LogP) is 0.140. The molecule has 0 atom stereocenters. The van der Waals surface area contributed by atoms with Gasteiger partial charge in [-0.3, -0.25) is 4.79 Å². The molecule has 0 aliphatic carbocycles. The van der Waals surface area contributed by atoms with Gasteiger partial charge in [0.15, 0.2) is 6.29 Å². The number of esters is 1. The van der Waals surface area contributed by atoms with Gasteiger partial charge in [-0.1, -0.05) is 6.58 Å². The summed E-state index contributed by atoms with van der Waals surface area (Å²) < 4.78 is 4.42. The lowest BCUT2D eigenvalue weighted by Crippen LogP contribution is -2.06. The van der Waals surface area contributed by atoms with Crippen LogP contribution in [-0.4, -0.2) is 33.0 Å². The van der Waals surface area contributed by atoms with Gasteiger partial charge in [0.05, 0.1) is 12.2 Å². The molecule has 0 unspecified atom stereocenters. The maximum Gasteiger partial charge on any atom is 0.340 e. The van der Waals surface area contributed by atoms with Gasteiger partial charge >= 0.3 is 5.97 Å². The second kappa shape index (κ2) is 9.84. The van der Waals surface area contributed by atoms with E-state index in [0.29, 0.717) is 6.29 Å². The van der Waals surface area contributed by atoms with Crippen molar-refractivity contribution in [2.45, 2.75) is 6.92 Å². The van der Waals surface area contributed by atoms with Crippen molar-refractivity contribution in [3.63, 3.8) is 0 Å². The molecule has 1 N–H and O–H groups in total. The Morgan fingerprint density at radius 1 is 1.58 bits per heavy atom. The first-order valence-corrected chi connectivity index (χ1v) is 3.53. The number of carbonyl (C=O) groups is 2. The van der Waals surface area contributed by atoms with E-state index < -0.39 is 5.97 Å². The van der Waals surface area contributed by atoms with Crippen molar-refractivity contribution in [1.29, 1.82) is 0 Å². The molecule has 0 aromatic heterocycles. The molecule has 0 radical (unpaired) electrons. The van der Waals surface area contributed by atoms with Crippen LogP contribution in [0.3, 0.4) is 0 Å². The van der Waals surface area contributed by atoms with E-state index in [4.69, 9.17) is 0 Å². The van der Waals surface area contributed by atoms with Crippen molar-refractivity contribution >= 4 is 12.3 Å². The number of hydrogen-bond acceptors (Lipinski definition) is 4. The molecule has 0 aromatic rings. The molecule has 0 amide bonds. The van der Waals surface area contributed by atoms with Crippen LogP contribution in [0.4, 0.5) is 0 Å². The second-order valence-corrected chi connectivity index (χ2v) is 1.86. The number of carbonyl (C=O) groups excluding carboxylic acids is 2. The zero-order valence-corrected chi connectivity index (χ0v) is 7.72. The Morgan fingerprint density at radius 2 is 2.00 bits per heavy atom. The topological polar surface area (TPSA) is 55.4 Å². The molecule has 0 rings (SSSR count). The third kappa shape index (κ3) is 8.84. The Bertz CT molecular complexity index is 154. The minimum Gasteiger partial charge on any atom is -0.462 e. The highest BCUT2D eigenvalue weighted by molar-refractivity contribution is 6.06. The quantitative estimate of drug-likeness (QED) is 0.217. The van der Waals surface area contributed by atoms with Crippen LogP contribution >= 0.6 is 0 Å². The van der Waals surface area contributed by atoms with Crippen LogP contribution in [0, 0.1) is 0 Å². The summed E-state index contributed by atoms with van der Waals surface area (Å²) in [7, 11) is 3.75. The first-order chi connectivity index (χ1) is 5.63. The Hall–Kier alpha value is -1.16. The normalized spacial score (nSPS) is 7.58. The molecule has 0 saturated heterocycles. The standard InChI is InChI=1S/C6H8O3.C2H7N/c1-3-9-6(8)5(2)4-7;1-3-2/h4H,2-3H2,1H3;3H,1-2H3. The summed E-state index contributed by atoms with van der Waals surface area (Å²) >= 11 is 0. The van der Waals surface area contributed by atoms with Gasteiger partial charge in [-0.25, -0.2) is 4.79 Å². The van der Waals surface area contributed by atoms with Gasteiger partial charge in [-0.2, -0.15) is 0 Å². The van der Waals surface area contributed by atoms with Gasteiger partial charge in [0, 0.05) is 0 Å². The number of nitrogens with one attached hydrogen (secondary N) is 1. The molecule has 0 aromatic carbocycles. The van der Waals surface area contributed by atoms with Crippen molar-refractivity contribution in [1.82, 2.24) is 5.32 Å². The lowest BCUT2D eigenvalue weighted by molar-refractivity contribution is -0.139. The van der Waals surface area contributed by atoms with Gasteiger partial charge in [-0.15, -0.1) is 0 Å². The number of hydrogen-bond donors (Lipinski definition) is 1. The summed E-state index contributed by atoms with van der Waals surface area (Å²) in [5.41, 5.74) is -0.142. The van der Waals surface area contributed by atoms with E-state index in [1.165, 1.54) is 0 Å². The summed E-state index contributed by atoms with van der Waals surface area (Å²) in [6, 6.07) is 0. The molecule has 0 heterocycles. The fourth-order valence-corrected chi connectivity index (χ4v) is 0.272. The van der Waals surface area contributed by atoms with Gasteiger partial charge in [0.25, 0.3) is 0 Å². The van der Waals surface area contributed by atoms with E-state index in [1.807, 2.05) is 14.1 Å². The van der Waals surface area contributed by atoms with E-state index in [2.05, 4.69) is 16.6 Å². The van der Waals surface area contributed by atoms with Gasteiger partial charge in [-0.05, 0) is 21.0 Å². The Morgan fingerprint density at radius 3 is 2.25 bits per heavy atom. The first-order valence-electron chi connectivity index (χ1n) is 3.53. The predicted molar refractivity (Wildman–Crippen MR) is 46.8 cm³/mol. The summed E-state index contributed by atoms with van der Waals surface area (Å²) in [4.78, 5) is 20.2. The fourth-order valence-electron chi connectivity index (χ4n) is 0.272. The van der Waals surface area contributed by atoms with Crippen LogP contribution in [0.1, 0.15) is 6.92 Å². The minimum atomic E-state index is -0.646. The highest BCUT2D eigenvalue weighted by Gasteiger charge is 2.03. The molecule has 0 aliphatic rings. The molecule has 0 saturated carbocycles. The molecule has 0 aliphatic heterocycles. The van der Waals surface area contributed by atoms with Crippen molar-refractivity contribution in [2.24, 2.45) is 0 Å². The number of aldehydes is 1. The average Bonchev–Trinajstić information content (AvgIpc) is 2.05.